The van der Waals surface area contributed by atoms with Crippen molar-refractivity contribution in [2.75, 3.05) is 11.1 Å². The van der Waals surface area contributed by atoms with E-state index < -0.39 is 0 Å². The summed E-state index contributed by atoms with van der Waals surface area (Å²) in [5.74, 6) is 1.39. The molecule has 0 aliphatic carbocycles. The third-order valence-corrected chi connectivity index (χ3v) is 4.78. The van der Waals surface area contributed by atoms with Gasteiger partial charge in [-0.3, -0.25) is 0 Å². The molecule has 2 aromatic heterocycles. The molecule has 0 unspecified atom stereocenters. The van der Waals surface area contributed by atoms with Crippen LogP contribution in [0.5, 0.6) is 0 Å². The summed E-state index contributed by atoms with van der Waals surface area (Å²) in [6.07, 6.45) is 1.66. The van der Waals surface area contributed by atoms with Gasteiger partial charge in [0.1, 0.15) is 0 Å². The molecule has 0 atom stereocenters. The SMILES string of the molecule is Nc1nccc(CSc2ccccc2-c2nnc(Nc3ccccc3)o2)n1. The zero-order valence-corrected chi connectivity index (χ0v) is 15.1. The van der Waals surface area contributed by atoms with Crippen molar-refractivity contribution >= 4 is 29.4 Å². The number of hydrogen-bond donors (Lipinski definition) is 2. The van der Waals surface area contributed by atoms with Crippen molar-refractivity contribution in [1.29, 1.82) is 0 Å². The number of anilines is 3. The van der Waals surface area contributed by atoms with Crippen molar-refractivity contribution in [2.45, 2.75) is 10.6 Å². The number of aromatic nitrogens is 4. The number of thioether (sulfide) groups is 1. The Morgan fingerprint density at radius 1 is 0.963 bits per heavy atom. The van der Waals surface area contributed by atoms with Crippen LogP contribution < -0.4 is 11.1 Å². The van der Waals surface area contributed by atoms with E-state index in [4.69, 9.17) is 10.2 Å². The predicted octanol–water partition coefficient (Wildman–Crippen LogP) is 4.14. The second kappa shape index (κ2) is 7.88. The molecule has 0 radical (unpaired) electrons. The molecule has 0 saturated carbocycles. The van der Waals surface area contributed by atoms with Gasteiger partial charge in [-0.05, 0) is 30.3 Å². The van der Waals surface area contributed by atoms with Crippen LogP contribution in [0, 0.1) is 0 Å². The number of rotatable bonds is 6. The first-order valence-corrected chi connectivity index (χ1v) is 9.22. The number of para-hydroxylation sites is 1. The number of nitrogens with one attached hydrogen (secondary N) is 1. The first-order chi connectivity index (χ1) is 13.3. The van der Waals surface area contributed by atoms with Crippen LogP contribution in [0.2, 0.25) is 0 Å². The molecule has 27 heavy (non-hydrogen) atoms. The van der Waals surface area contributed by atoms with Crippen LogP contribution in [0.15, 0.2) is 76.2 Å². The molecular formula is C19H16N6OS. The van der Waals surface area contributed by atoms with Gasteiger partial charge in [0.15, 0.2) is 0 Å². The Labute approximate surface area is 160 Å². The minimum Gasteiger partial charge on any atom is -0.403 e. The maximum atomic E-state index is 5.79. The lowest BCUT2D eigenvalue weighted by Crippen LogP contribution is -1.97. The van der Waals surface area contributed by atoms with Gasteiger partial charge >= 0.3 is 6.01 Å². The molecule has 134 valence electrons. The van der Waals surface area contributed by atoms with E-state index >= 15 is 0 Å². The highest BCUT2D eigenvalue weighted by molar-refractivity contribution is 7.98. The largest absolute Gasteiger partial charge is 0.403 e. The van der Waals surface area contributed by atoms with Crippen molar-refractivity contribution in [2.24, 2.45) is 0 Å². The Kier molecular flexibility index (Phi) is 4.97. The highest BCUT2D eigenvalue weighted by Crippen LogP contribution is 2.33. The topological polar surface area (TPSA) is 103 Å². The van der Waals surface area contributed by atoms with E-state index in [0.29, 0.717) is 17.7 Å². The fourth-order valence-corrected chi connectivity index (χ4v) is 3.39. The summed E-state index contributed by atoms with van der Waals surface area (Å²) in [5, 5.41) is 11.4. The lowest BCUT2D eigenvalue weighted by atomic mass is 10.2. The molecule has 0 spiro atoms. The maximum absolute atomic E-state index is 5.79. The lowest BCUT2D eigenvalue weighted by molar-refractivity contribution is 0.586. The number of nitrogen functional groups attached to an aromatic ring is 1. The fraction of sp³-hybridized carbons (Fsp3) is 0.0526. The number of nitrogens with zero attached hydrogens (tertiary/aromatic N) is 4. The molecule has 0 saturated heterocycles. The standard InChI is InChI=1S/C19H16N6OS/c20-18-21-11-10-14(22-18)12-27-16-9-5-4-8-15(16)17-24-25-19(26-17)23-13-6-2-1-3-7-13/h1-11H,12H2,(H,23,25)(H2,20,21,22). The van der Waals surface area contributed by atoms with Gasteiger partial charge in [-0.2, -0.15) is 0 Å². The summed E-state index contributed by atoms with van der Waals surface area (Å²) in [6, 6.07) is 19.8. The molecular weight excluding hydrogens is 360 g/mol. The molecule has 0 amide bonds. The van der Waals surface area contributed by atoms with Crippen LogP contribution in [0.1, 0.15) is 5.69 Å². The van der Waals surface area contributed by atoms with E-state index in [1.807, 2.05) is 60.7 Å². The predicted molar refractivity (Wildman–Crippen MR) is 105 cm³/mol. The number of benzene rings is 2. The Bertz CT molecular complexity index is 1040. The maximum Gasteiger partial charge on any atom is 0.320 e. The Hall–Kier alpha value is -3.39. The molecule has 4 rings (SSSR count). The molecule has 3 N–H and O–H groups in total. The lowest BCUT2D eigenvalue weighted by Gasteiger charge is -2.06. The summed E-state index contributed by atoms with van der Waals surface area (Å²) in [6.45, 7) is 0. The smallest absolute Gasteiger partial charge is 0.320 e. The summed E-state index contributed by atoms with van der Waals surface area (Å²) >= 11 is 1.62. The van der Waals surface area contributed by atoms with Gasteiger partial charge < -0.3 is 15.5 Å². The highest BCUT2D eigenvalue weighted by Gasteiger charge is 2.13. The average molecular weight is 376 g/mol. The van der Waals surface area contributed by atoms with Crippen molar-refractivity contribution in [3.05, 3.63) is 72.6 Å². The normalized spacial score (nSPS) is 10.7. The first-order valence-electron chi connectivity index (χ1n) is 8.23. The summed E-state index contributed by atoms with van der Waals surface area (Å²) in [4.78, 5) is 9.16. The average Bonchev–Trinajstić information content (AvgIpc) is 3.16. The second-order valence-electron chi connectivity index (χ2n) is 5.59. The number of nitrogens with two attached hydrogens (primary N) is 1. The summed E-state index contributed by atoms with van der Waals surface area (Å²) < 4.78 is 5.79. The van der Waals surface area contributed by atoms with Crippen molar-refractivity contribution in [1.82, 2.24) is 20.2 Å². The minimum atomic E-state index is 0.273. The van der Waals surface area contributed by atoms with E-state index in [9.17, 15) is 0 Å². The van der Waals surface area contributed by atoms with Crippen LogP contribution in [-0.2, 0) is 5.75 Å². The quantitative estimate of drug-likeness (QED) is 0.484. The third kappa shape index (κ3) is 4.24. The number of hydrogen-bond acceptors (Lipinski definition) is 8. The van der Waals surface area contributed by atoms with Gasteiger partial charge in [-0.15, -0.1) is 16.9 Å². The molecule has 2 aromatic carbocycles. The van der Waals surface area contributed by atoms with Crippen LogP contribution in [-0.4, -0.2) is 20.2 Å². The molecule has 0 aliphatic heterocycles. The van der Waals surface area contributed by atoms with Gasteiger partial charge in [0.25, 0.3) is 5.89 Å². The zero-order chi connectivity index (χ0) is 18.5. The van der Waals surface area contributed by atoms with Crippen LogP contribution in [0.3, 0.4) is 0 Å². The molecule has 8 heteroatoms. The summed E-state index contributed by atoms with van der Waals surface area (Å²) in [7, 11) is 0. The highest BCUT2D eigenvalue weighted by atomic mass is 32.2. The van der Waals surface area contributed by atoms with Crippen LogP contribution in [0.4, 0.5) is 17.7 Å². The second-order valence-corrected chi connectivity index (χ2v) is 6.61. The Morgan fingerprint density at radius 2 is 1.78 bits per heavy atom. The minimum absolute atomic E-state index is 0.273. The summed E-state index contributed by atoms with van der Waals surface area (Å²) in [5.41, 5.74) is 8.26. The van der Waals surface area contributed by atoms with Crippen LogP contribution in [0.25, 0.3) is 11.5 Å². The fourth-order valence-electron chi connectivity index (χ4n) is 2.44. The van der Waals surface area contributed by atoms with Gasteiger partial charge in [-0.25, -0.2) is 9.97 Å². The molecule has 0 fully saturated rings. The first kappa shape index (κ1) is 17.0. The van der Waals surface area contributed by atoms with Crippen molar-refractivity contribution in [3.8, 4) is 11.5 Å². The van der Waals surface area contributed by atoms with Gasteiger partial charge in [0.05, 0.1) is 11.3 Å². The zero-order valence-electron chi connectivity index (χ0n) is 14.2. The molecule has 0 bridgehead atoms. The monoisotopic (exact) mass is 376 g/mol. The Morgan fingerprint density at radius 3 is 2.63 bits per heavy atom. The van der Waals surface area contributed by atoms with Crippen molar-refractivity contribution < 1.29 is 4.42 Å². The van der Waals surface area contributed by atoms with Gasteiger partial charge in [0, 0.05) is 22.5 Å². The van der Waals surface area contributed by atoms with E-state index in [2.05, 4.69) is 25.5 Å². The van der Waals surface area contributed by atoms with E-state index in [-0.39, 0.29) is 5.95 Å². The van der Waals surface area contributed by atoms with Gasteiger partial charge in [-0.1, -0.05) is 35.4 Å². The third-order valence-electron chi connectivity index (χ3n) is 3.67. The molecule has 7 nitrogen and oxygen atoms in total. The van der Waals surface area contributed by atoms with Crippen molar-refractivity contribution in [3.63, 3.8) is 0 Å². The van der Waals surface area contributed by atoms with E-state index in [1.165, 1.54) is 0 Å². The van der Waals surface area contributed by atoms with E-state index in [0.717, 1.165) is 21.8 Å². The van der Waals surface area contributed by atoms with Crippen LogP contribution >= 0.6 is 11.8 Å². The van der Waals surface area contributed by atoms with Gasteiger partial charge in [0.2, 0.25) is 5.95 Å². The molecule has 4 aromatic rings. The Balaban J connectivity index is 1.52. The van der Waals surface area contributed by atoms with E-state index in [1.54, 1.807) is 18.0 Å². The molecule has 2 heterocycles. The molecule has 0 aliphatic rings.